The molecular weight excluding hydrogens is 552 g/mol. The summed E-state index contributed by atoms with van der Waals surface area (Å²) in [5.74, 6) is 0.235. The van der Waals surface area contributed by atoms with Crippen molar-refractivity contribution in [1.29, 1.82) is 0 Å². The monoisotopic (exact) mass is 596 g/mol. The van der Waals surface area contributed by atoms with E-state index < -0.39 is 0 Å². The number of rotatable bonds is 7. The van der Waals surface area contributed by atoms with E-state index in [0.29, 0.717) is 25.9 Å². The van der Waals surface area contributed by atoms with Crippen molar-refractivity contribution in [1.82, 2.24) is 0 Å². The molecule has 4 saturated carbocycles. The van der Waals surface area contributed by atoms with Crippen molar-refractivity contribution < 1.29 is 33.4 Å². The van der Waals surface area contributed by atoms with E-state index in [1.807, 2.05) is 6.92 Å². The first-order chi connectivity index (χ1) is 17.8. The molecule has 0 N–H and O–H groups in total. The standard InChI is InChI=1S/C30H45BrO7/c1-7-36-25(34)11-8-16(2)20-9-10-21-26-22(15-24(30(20,21)6)38-18(4)33)29(5)13-12-19(37-17(3)32)14-23(29)27(31)28(26)35/h16,19-24,26-27H,7-15H2,1-6H3/t16-,19+,20+,21-,22-,23-,24-,26+,27-,29+,30+/m0/s1. The van der Waals surface area contributed by atoms with Crippen LogP contribution in [0, 0.1) is 46.3 Å². The molecule has 4 rings (SSSR count). The third-order valence-corrected chi connectivity index (χ3v) is 12.1. The maximum Gasteiger partial charge on any atom is 0.305 e. The molecule has 0 bridgehead atoms. The number of esters is 3. The van der Waals surface area contributed by atoms with E-state index in [0.717, 1.165) is 32.1 Å². The van der Waals surface area contributed by atoms with Crippen molar-refractivity contribution in [2.75, 3.05) is 6.61 Å². The molecule has 214 valence electrons. The number of hydrogen-bond acceptors (Lipinski definition) is 7. The zero-order chi connectivity index (χ0) is 28.0. The van der Waals surface area contributed by atoms with Crippen LogP contribution in [0.2, 0.25) is 0 Å². The van der Waals surface area contributed by atoms with Crippen molar-refractivity contribution in [3.8, 4) is 0 Å². The quantitative estimate of drug-likeness (QED) is 0.213. The predicted octanol–water partition coefficient (Wildman–Crippen LogP) is 5.65. The zero-order valence-electron chi connectivity index (χ0n) is 23.8. The molecule has 11 atom stereocenters. The molecule has 4 aliphatic rings. The van der Waals surface area contributed by atoms with Crippen LogP contribution in [-0.2, 0) is 33.4 Å². The van der Waals surface area contributed by atoms with E-state index in [9.17, 15) is 19.2 Å². The van der Waals surface area contributed by atoms with Gasteiger partial charge in [0.15, 0.2) is 0 Å². The SMILES string of the molecule is CCOC(=O)CC[C@H](C)[C@H]1CC[C@H]2[C@H]3C(=O)[C@@H](Br)[C@@H]4C[C@H](OC(C)=O)CC[C@]4(C)[C@H]3C[C@H](OC(C)=O)[C@]12C. The molecule has 0 aromatic rings. The number of fused-ring (bicyclic) bond motifs is 5. The van der Waals surface area contributed by atoms with Crippen molar-refractivity contribution in [2.24, 2.45) is 46.3 Å². The first kappa shape index (κ1) is 29.5. The van der Waals surface area contributed by atoms with E-state index >= 15 is 0 Å². The number of hydrogen-bond donors (Lipinski definition) is 0. The van der Waals surface area contributed by atoms with Crippen LogP contribution in [0.25, 0.3) is 0 Å². The lowest BCUT2D eigenvalue weighted by atomic mass is 9.43. The Labute approximate surface area is 235 Å². The highest BCUT2D eigenvalue weighted by Crippen LogP contribution is 2.68. The summed E-state index contributed by atoms with van der Waals surface area (Å²) in [5.41, 5.74) is -0.446. The van der Waals surface area contributed by atoms with E-state index in [-0.39, 0.29) is 87.1 Å². The Balaban J connectivity index is 1.64. The van der Waals surface area contributed by atoms with E-state index in [1.165, 1.54) is 13.8 Å². The summed E-state index contributed by atoms with van der Waals surface area (Å²) in [4.78, 5) is 50.0. The van der Waals surface area contributed by atoms with Crippen LogP contribution in [0.15, 0.2) is 0 Å². The summed E-state index contributed by atoms with van der Waals surface area (Å²) in [6, 6.07) is 0. The largest absolute Gasteiger partial charge is 0.466 e. The molecule has 0 unspecified atom stereocenters. The minimum absolute atomic E-state index is 0.0670. The van der Waals surface area contributed by atoms with Gasteiger partial charge >= 0.3 is 17.9 Å². The third kappa shape index (κ3) is 5.08. The lowest BCUT2D eigenvalue weighted by Crippen LogP contribution is -2.64. The van der Waals surface area contributed by atoms with Crippen molar-refractivity contribution in [3.63, 3.8) is 0 Å². The lowest BCUT2D eigenvalue weighted by molar-refractivity contribution is -0.196. The lowest BCUT2D eigenvalue weighted by Gasteiger charge is -2.63. The molecule has 0 saturated heterocycles. The molecule has 0 aliphatic heterocycles. The fraction of sp³-hybridized carbons (Fsp3) is 0.867. The fourth-order valence-corrected chi connectivity index (χ4v) is 10.4. The summed E-state index contributed by atoms with van der Waals surface area (Å²) in [5, 5.41) is 0. The molecule has 7 nitrogen and oxygen atoms in total. The molecular formula is C30H45BrO7. The number of halogens is 1. The molecule has 0 aromatic carbocycles. The van der Waals surface area contributed by atoms with Gasteiger partial charge in [-0.2, -0.15) is 0 Å². The highest BCUT2D eigenvalue weighted by molar-refractivity contribution is 9.10. The topological polar surface area (TPSA) is 96.0 Å². The van der Waals surface area contributed by atoms with Gasteiger partial charge in [-0.05, 0) is 86.9 Å². The minimum Gasteiger partial charge on any atom is -0.466 e. The highest BCUT2D eigenvalue weighted by Gasteiger charge is 2.68. The van der Waals surface area contributed by atoms with Gasteiger partial charge in [-0.25, -0.2) is 0 Å². The van der Waals surface area contributed by atoms with Gasteiger partial charge in [0.2, 0.25) is 0 Å². The van der Waals surface area contributed by atoms with Crippen molar-refractivity contribution >= 4 is 39.6 Å². The second kappa shape index (κ2) is 11.2. The number of alkyl halides is 1. The van der Waals surface area contributed by atoms with Crippen LogP contribution in [0.3, 0.4) is 0 Å². The van der Waals surface area contributed by atoms with Crippen LogP contribution in [0.5, 0.6) is 0 Å². The van der Waals surface area contributed by atoms with Crippen LogP contribution < -0.4 is 0 Å². The van der Waals surface area contributed by atoms with Gasteiger partial charge in [0.05, 0.1) is 11.4 Å². The number of carbonyl (C=O) groups is 4. The Hall–Kier alpha value is -1.44. The van der Waals surface area contributed by atoms with Gasteiger partial charge in [-0.1, -0.05) is 36.7 Å². The van der Waals surface area contributed by atoms with Gasteiger partial charge in [0, 0.05) is 31.6 Å². The maximum atomic E-state index is 14.1. The second-order valence-corrected chi connectivity index (χ2v) is 13.9. The van der Waals surface area contributed by atoms with Crippen LogP contribution >= 0.6 is 15.9 Å². The summed E-state index contributed by atoms with van der Waals surface area (Å²) in [6.07, 6.45) is 5.56. The minimum atomic E-state index is -0.332. The second-order valence-electron chi connectivity index (χ2n) is 12.9. The van der Waals surface area contributed by atoms with Gasteiger partial charge < -0.3 is 14.2 Å². The summed E-state index contributed by atoms with van der Waals surface area (Å²) >= 11 is 3.83. The zero-order valence-corrected chi connectivity index (χ0v) is 25.4. The van der Waals surface area contributed by atoms with Gasteiger partial charge in [-0.3, -0.25) is 19.2 Å². The Morgan fingerprint density at radius 3 is 2.32 bits per heavy atom. The Bertz CT molecular complexity index is 951. The first-order valence-corrected chi connectivity index (χ1v) is 15.4. The van der Waals surface area contributed by atoms with Crippen molar-refractivity contribution in [3.05, 3.63) is 0 Å². The van der Waals surface area contributed by atoms with Gasteiger partial charge in [0.25, 0.3) is 0 Å². The number of Topliss-reactive ketones (excluding diaryl/α,β-unsaturated/α-hetero) is 1. The molecule has 38 heavy (non-hydrogen) atoms. The van der Waals surface area contributed by atoms with E-state index in [4.69, 9.17) is 14.2 Å². The Morgan fingerprint density at radius 2 is 1.68 bits per heavy atom. The summed E-state index contributed by atoms with van der Waals surface area (Å²) < 4.78 is 16.9. The smallest absolute Gasteiger partial charge is 0.305 e. The average molecular weight is 598 g/mol. The molecule has 0 radical (unpaired) electrons. The number of ketones is 1. The van der Waals surface area contributed by atoms with Crippen molar-refractivity contribution in [2.45, 2.75) is 110 Å². The average Bonchev–Trinajstić information content (AvgIpc) is 3.20. The fourth-order valence-electron chi connectivity index (χ4n) is 9.31. The van der Waals surface area contributed by atoms with Gasteiger partial charge in [-0.15, -0.1) is 0 Å². The van der Waals surface area contributed by atoms with Crippen LogP contribution in [0.1, 0.15) is 92.9 Å². The molecule has 4 aliphatic carbocycles. The normalized spacial score (nSPS) is 42.8. The molecule has 0 aromatic heterocycles. The number of ether oxygens (including phenoxy) is 3. The van der Waals surface area contributed by atoms with E-state index in [2.05, 4.69) is 36.7 Å². The number of carbonyl (C=O) groups excluding carboxylic acids is 4. The Kier molecular flexibility index (Phi) is 8.71. The van der Waals surface area contributed by atoms with Crippen LogP contribution in [0.4, 0.5) is 0 Å². The molecule has 0 spiro atoms. The Morgan fingerprint density at radius 1 is 1.00 bits per heavy atom. The van der Waals surface area contributed by atoms with Crippen LogP contribution in [-0.4, -0.2) is 47.3 Å². The summed E-state index contributed by atoms with van der Waals surface area (Å²) in [7, 11) is 0. The molecule has 0 heterocycles. The van der Waals surface area contributed by atoms with Gasteiger partial charge in [0.1, 0.15) is 18.0 Å². The first-order valence-electron chi connectivity index (χ1n) is 14.5. The molecule has 0 amide bonds. The highest BCUT2D eigenvalue weighted by atomic mass is 79.9. The van der Waals surface area contributed by atoms with E-state index in [1.54, 1.807) is 0 Å². The molecule has 4 fully saturated rings. The third-order valence-electron chi connectivity index (χ3n) is 11.0. The summed E-state index contributed by atoms with van der Waals surface area (Å²) in [6.45, 7) is 11.9. The predicted molar refractivity (Wildman–Crippen MR) is 145 cm³/mol. The maximum absolute atomic E-state index is 14.1. The molecule has 8 heteroatoms.